The molecule has 0 radical (unpaired) electrons. The highest BCUT2D eigenvalue weighted by Gasteiger charge is 2.21. The molecule has 0 aromatic heterocycles. The van der Waals surface area contributed by atoms with Crippen molar-refractivity contribution in [2.24, 2.45) is 0 Å². The number of nitrogens with zero attached hydrogens (tertiary/aromatic N) is 1. The quantitative estimate of drug-likeness (QED) is 0.873. The van der Waals surface area contributed by atoms with E-state index < -0.39 is 5.97 Å². The largest absolute Gasteiger partial charge is 0.478 e. The van der Waals surface area contributed by atoms with Gasteiger partial charge in [-0.25, -0.2) is 9.59 Å². The van der Waals surface area contributed by atoms with Crippen molar-refractivity contribution in [3.05, 3.63) is 29.8 Å². The molecule has 114 valence electrons. The zero-order chi connectivity index (χ0) is 15.2. The standard InChI is InChI=1S/C15H20N2O4/c1-2-17(10-13-4-3-9-21-13)15(20)16-12-7-5-11(6-8-12)14(18)19/h5-8,13H,2-4,9-10H2,1H3,(H,16,20)(H,18,19). The van der Waals surface area contributed by atoms with Crippen molar-refractivity contribution in [2.45, 2.75) is 25.9 Å². The number of anilines is 1. The monoisotopic (exact) mass is 292 g/mol. The predicted octanol–water partition coefficient (Wildman–Crippen LogP) is 2.42. The molecule has 6 heteroatoms. The van der Waals surface area contributed by atoms with E-state index in [0.29, 0.717) is 18.8 Å². The van der Waals surface area contributed by atoms with E-state index in [1.54, 1.807) is 17.0 Å². The molecular weight excluding hydrogens is 272 g/mol. The van der Waals surface area contributed by atoms with Crippen LogP contribution in [-0.2, 0) is 4.74 Å². The first-order chi connectivity index (χ1) is 10.1. The lowest BCUT2D eigenvalue weighted by atomic mass is 10.2. The minimum Gasteiger partial charge on any atom is -0.478 e. The van der Waals surface area contributed by atoms with Gasteiger partial charge in [-0.2, -0.15) is 0 Å². The van der Waals surface area contributed by atoms with Gasteiger partial charge in [0, 0.05) is 25.4 Å². The molecule has 1 saturated heterocycles. The van der Waals surface area contributed by atoms with Crippen LogP contribution in [0.15, 0.2) is 24.3 Å². The molecule has 0 spiro atoms. The lowest BCUT2D eigenvalue weighted by Crippen LogP contribution is -2.39. The maximum atomic E-state index is 12.2. The average Bonchev–Trinajstić information content (AvgIpc) is 2.98. The summed E-state index contributed by atoms with van der Waals surface area (Å²) in [5, 5.41) is 11.6. The molecule has 1 aromatic rings. The number of hydrogen-bond donors (Lipinski definition) is 2. The SMILES string of the molecule is CCN(CC1CCCO1)C(=O)Nc1ccc(C(=O)O)cc1. The zero-order valence-electron chi connectivity index (χ0n) is 12.0. The topological polar surface area (TPSA) is 78.9 Å². The van der Waals surface area contributed by atoms with Gasteiger partial charge >= 0.3 is 12.0 Å². The third-order valence-electron chi connectivity index (χ3n) is 3.50. The Morgan fingerprint density at radius 1 is 1.38 bits per heavy atom. The van der Waals surface area contributed by atoms with E-state index >= 15 is 0 Å². The number of carbonyl (C=O) groups is 2. The fraction of sp³-hybridized carbons (Fsp3) is 0.467. The fourth-order valence-corrected chi connectivity index (χ4v) is 2.29. The highest BCUT2D eigenvalue weighted by atomic mass is 16.5. The van der Waals surface area contributed by atoms with Crippen LogP contribution in [0.2, 0.25) is 0 Å². The minimum absolute atomic E-state index is 0.116. The Kier molecular flexibility index (Phi) is 5.16. The fourth-order valence-electron chi connectivity index (χ4n) is 2.29. The summed E-state index contributed by atoms with van der Waals surface area (Å²) in [5.41, 5.74) is 0.774. The van der Waals surface area contributed by atoms with Crippen LogP contribution in [0, 0.1) is 0 Å². The Bertz CT molecular complexity index is 495. The van der Waals surface area contributed by atoms with E-state index in [1.165, 1.54) is 12.1 Å². The van der Waals surface area contributed by atoms with Crippen molar-refractivity contribution < 1.29 is 19.4 Å². The Balaban J connectivity index is 1.93. The van der Waals surface area contributed by atoms with Crippen molar-refractivity contribution in [1.29, 1.82) is 0 Å². The third-order valence-corrected chi connectivity index (χ3v) is 3.50. The van der Waals surface area contributed by atoms with Crippen molar-refractivity contribution in [2.75, 3.05) is 25.0 Å². The average molecular weight is 292 g/mol. The summed E-state index contributed by atoms with van der Waals surface area (Å²) in [7, 11) is 0. The van der Waals surface area contributed by atoms with Crippen molar-refractivity contribution >= 4 is 17.7 Å². The molecule has 1 unspecified atom stereocenters. The number of amides is 2. The summed E-state index contributed by atoms with van der Waals surface area (Å²) in [6, 6.07) is 5.90. The Morgan fingerprint density at radius 2 is 2.10 bits per heavy atom. The van der Waals surface area contributed by atoms with Gasteiger partial charge in [0.1, 0.15) is 0 Å². The van der Waals surface area contributed by atoms with Gasteiger partial charge in [0.15, 0.2) is 0 Å². The molecule has 6 nitrogen and oxygen atoms in total. The van der Waals surface area contributed by atoms with Gasteiger partial charge in [-0.05, 0) is 44.0 Å². The number of aromatic carboxylic acids is 1. The number of rotatable bonds is 5. The van der Waals surface area contributed by atoms with Crippen LogP contribution >= 0.6 is 0 Å². The third kappa shape index (κ3) is 4.19. The maximum absolute atomic E-state index is 12.2. The number of hydrogen-bond acceptors (Lipinski definition) is 3. The Labute approximate surface area is 123 Å². The van der Waals surface area contributed by atoms with Crippen LogP contribution in [0.1, 0.15) is 30.1 Å². The number of carboxylic acid groups (broad SMARTS) is 1. The Hall–Kier alpha value is -2.08. The first kappa shape index (κ1) is 15.3. The van der Waals surface area contributed by atoms with Gasteiger partial charge in [0.2, 0.25) is 0 Å². The van der Waals surface area contributed by atoms with E-state index in [4.69, 9.17) is 9.84 Å². The van der Waals surface area contributed by atoms with Crippen LogP contribution in [0.3, 0.4) is 0 Å². The molecule has 2 rings (SSSR count). The van der Waals surface area contributed by atoms with E-state index in [1.807, 2.05) is 6.92 Å². The summed E-state index contributed by atoms with van der Waals surface area (Å²) in [4.78, 5) is 24.7. The van der Waals surface area contributed by atoms with Crippen LogP contribution in [-0.4, -0.2) is 47.8 Å². The van der Waals surface area contributed by atoms with Gasteiger partial charge < -0.3 is 20.1 Å². The second-order valence-corrected chi connectivity index (χ2v) is 4.99. The maximum Gasteiger partial charge on any atom is 0.335 e. The van der Waals surface area contributed by atoms with Crippen LogP contribution in [0.5, 0.6) is 0 Å². The second kappa shape index (κ2) is 7.08. The first-order valence-electron chi connectivity index (χ1n) is 7.11. The summed E-state index contributed by atoms with van der Waals surface area (Å²) < 4.78 is 5.54. The molecule has 1 aliphatic rings. The van der Waals surface area contributed by atoms with Crippen molar-refractivity contribution in [1.82, 2.24) is 4.90 Å². The predicted molar refractivity (Wildman–Crippen MR) is 78.6 cm³/mol. The van der Waals surface area contributed by atoms with Crippen LogP contribution in [0.4, 0.5) is 10.5 Å². The summed E-state index contributed by atoms with van der Waals surface area (Å²) >= 11 is 0. The Morgan fingerprint density at radius 3 is 2.62 bits per heavy atom. The highest BCUT2D eigenvalue weighted by molar-refractivity contribution is 5.91. The summed E-state index contributed by atoms with van der Waals surface area (Å²) in [6.07, 6.45) is 2.14. The van der Waals surface area contributed by atoms with Crippen molar-refractivity contribution in [3.63, 3.8) is 0 Å². The summed E-state index contributed by atoms with van der Waals surface area (Å²) in [6.45, 7) is 3.86. The lowest BCUT2D eigenvalue weighted by molar-refractivity contribution is 0.0697. The van der Waals surface area contributed by atoms with E-state index in [-0.39, 0.29) is 17.7 Å². The zero-order valence-corrected chi connectivity index (χ0v) is 12.0. The minimum atomic E-state index is -0.985. The molecule has 1 fully saturated rings. The molecule has 2 N–H and O–H groups in total. The molecule has 0 aliphatic carbocycles. The van der Waals surface area contributed by atoms with Crippen LogP contribution < -0.4 is 5.32 Å². The number of ether oxygens (including phenoxy) is 1. The normalized spacial score (nSPS) is 17.5. The molecule has 2 amide bonds. The van der Waals surface area contributed by atoms with E-state index in [9.17, 15) is 9.59 Å². The molecule has 0 saturated carbocycles. The molecule has 1 atom stereocenters. The van der Waals surface area contributed by atoms with Gasteiger partial charge in [-0.1, -0.05) is 0 Å². The second-order valence-electron chi connectivity index (χ2n) is 4.99. The summed E-state index contributed by atoms with van der Waals surface area (Å²) in [5.74, 6) is -0.985. The van der Waals surface area contributed by atoms with Gasteiger partial charge in [0.25, 0.3) is 0 Å². The number of nitrogens with one attached hydrogen (secondary N) is 1. The van der Waals surface area contributed by atoms with Gasteiger partial charge in [0.05, 0.1) is 11.7 Å². The number of carbonyl (C=O) groups excluding carboxylic acids is 1. The molecule has 21 heavy (non-hydrogen) atoms. The van der Waals surface area contributed by atoms with Crippen LogP contribution in [0.25, 0.3) is 0 Å². The van der Waals surface area contributed by atoms with Gasteiger partial charge in [-0.3, -0.25) is 0 Å². The highest BCUT2D eigenvalue weighted by Crippen LogP contribution is 2.15. The van der Waals surface area contributed by atoms with Gasteiger partial charge in [-0.15, -0.1) is 0 Å². The first-order valence-corrected chi connectivity index (χ1v) is 7.11. The van der Waals surface area contributed by atoms with E-state index in [2.05, 4.69) is 5.32 Å². The number of urea groups is 1. The van der Waals surface area contributed by atoms with E-state index in [0.717, 1.165) is 19.4 Å². The number of carboxylic acids is 1. The molecule has 1 aromatic carbocycles. The lowest BCUT2D eigenvalue weighted by Gasteiger charge is -2.24. The molecule has 1 heterocycles. The molecular formula is C15H20N2O4. The number of benzene rings is 1. The molecule has 0 bridgehead atoms. The number of likely N-dealkylation sites (N-methyl/N-ethyl adjacent to an activating group) is 1. The molecule has 1 aliphatic heterocycles. The smallest absolute Gasteiger partial charge is 0.335 e. The van der Waals surface area contributed by atoms with Crippen molar-refractivity contribution in [3.8, 4) is 0 Å².